The van der Waals surface area contributed by atoms with Crippen LogP contribution in [0.2, 0.25) is 0 Å². The number of ether oxygens (including phenoxy) is 3. The van der Waals surface area contributed by atoms with E-state index in [1.807, 2.05) is 6.07 Å². The molecule has 3 heterocycles. The molecular formula is C19H25N3O5S2. The van der Waals surface area contributed by atoms with Gasteiger partial charge in [-0.15, -0.1) is 11.3 Å². The van der Waals surface area contributed by atoms with Gasteiger partial charge in [0.25, 0.3) is 11.7 Å². The van der Waals surface area contributed by atoms with Gasteiger partial charge in [-0.05, 0) is 18.5 Å². The number of aliphatic hydroxyl groups excluding tert-OH is 1. The van der Waals surface area contributed by atoms with Crippen molar-refractivity contribution >= 4 is 34.5 Å². The fraction of sp³-hybridized carbons (Fsp3) is 0.526. The number of nitriles is 1. The highest BCUT2D eigenvalue weighted by Gasteiger charge is 2.44. The molecule has 1 saturated heterocycles. The lowest BCUT2D eigenvalue weighted by atomic mass is 9.85. The summed E-state index contributed by atoms with van der Waals surface area (Å²) in [4.78, 5) is 15.1. The Kier molecular flexibility index (Phi) is 7.98. The standard InChI is InChI=1S/C14H14N2O4S2.C5H11NO/c1-14(2)19-12(17)10(13(18)20-14)9(7(6-15)11(16)21)8-4-3-5-22-8;1-6-2-4-7-5-3-6/h3-5,7,9,17H,1-2H3,(H2,16,21);2-5H2,1H3. The molecule has 29 heavy (non-hydrogen) atoms. The van der Waals surface area contributed by atoms with Crippen molar-refractivity contribution in [2.75, 3.05) is 33.4 Å². The monoisotopic (exact) mass is 439 g/mol. The first-order valence-electron chi connectivity index (χ1n) is 9.00. The summed E-state index contributed by atoms with van der Waals surface area (Å²) in [6.45, 7) is 7.01. The summed E-state index contributed by atoms with van der Waals surface area (Å²) in [5.41, 5.74) is 5.47. The molecule has 0 saturated carbocycles. The Bertz CT molecular complexity index is 795. The van der Waals surface area contributed by atoms with Gasteiger partial charge < -0.3 is 30.0 Å². The number of nitrogens with zero attached hydrogens (tertiary/aromatic N) is 2. The van der Waals surface area contributed by atoms with Gasteiger partial charge in [0.15, 0.2) is 0 Å². The molecule has 3 rings (SSSR count). The average Bonchev–Trinajstić information content (AvgIpc) is 3.14. The molecule has 0 bridgehead atoms. The molecule has 0 amide bonds. The van der Waals surface area contributed by atoms with Gasteiger partial charge in [0.2, 0.25) is 0 Å². The van der Waals surface area contributed by atoms with Crippen LogP contribution in [0.3, 0.4) is 0 Å². The predicted octanol–water partition coefficient (Wildman–Crippen LogP) is 2.29. The molecular weight excluding hydrogens is 414 g/mol. The van der Waals surface area contributed by atoms with Crippen molar-refractivity contribution in [2.45, 2.75) is 25.6 Å². The lowest BCUT2D eigenvalue weighted by molar-refractivity contribution is -0.222. The first-order valence-corrected chi connectivity index (χ1v) is 10.3. The number of morpholine rings is 1. The second-order valence-corrected chi connectivity index (χ2v) is 8.48. The summed E-state index contributed by atoms with van der Waals surface area (Å²) in [6, 6.07) is 5.47. The lowest BCUT2D eigenvalue weighted by Gasteiger charge is -2.33. The van der Waals surface area contributed by atoms with E-state index >= 15 is 0 Å². The summed E-state index contributed by atoms with van der Waals surface area (Å²) in [5, 5.41) is 21.3. The number of thiophene rings is 1. The van der Waals surface area contributed by atoms with Crippen molar-refractivity contribution in [2.24, 2.45) is 11.7 Å². The third kappa shape index (κ3) is 6.14. The van der Waals surface area contributed by atoms with E-state index in [1.54, 1.807) is 17.5 Å². The Labute approximate surface area is 179 Å². The van der Waals surface area contributed by atoms with E-state index in [4.69, 9.17) is 32.2 Å². The van der Waals surface area contributed by atoms with E-state index in [1.165, 1.54) is 25.2 Å². The molecule has 0 spiro atoms. The normalized spacial score (nSPS) is 21.0. The highest BCUT2D eigenvalue weighted by atomic mass is 32.1. The molecule has 1 aromatic heterocycles. The van der Waals surface area contributed by atoms with Crippen LogP contribution in [-0.2, 0) is 19.0 Å². The second kappa shape index (κ2) is 10.0. The number of carbonyl (C=O) groups is 1. The van der Waals surface area contributed by atoms with Crippen LogP contribution in [0, 0.1) is 17.2 Å². The first-order chi connectivity index (χ1) is 13.7. The van der Waals surface area contributed by atoms with Crippen LogP contribution in [0.1, 0.15) is 24.6 Å². The Balaban J connectivity index is 0.000000360. The highest BCUT2D eigenvalue weighted by molar-refractivity contribution is 7.80. The molecule has 0 aliphatic carbocycles. The van der Waals surface area contributed by atoms with Crippen LogP contribution in [0.25, 0.3) is 0 Å². The molecule has 1 fully saturated rings. The molecule has 158 valence electrons. The molecule has 2 aliphatic heterocycles. The topological polar surface area (TPSA) is 118 Å². The van der Waals surface area contributed by atoms with Gasteiger partial charge in [-0.25, -0.2) is 4.79 Å². The predicted molar refractivity (Wildman–Crippen MR) is 112 cm³/mol. The van der Waals surface area contributed by atoms with E-state index in [9.17, 15) is 15.2 Å². The van der Waals surface area contributed by atoms with Crippen molar-refractivity contribution in [3.05, 3.63) is 33.9 Å². The number of hydrogen-bond acceptors (Lipinski definition) is 9. The lowest BCUT2D eigenvalue weighted by Crippen LogP contribution is -2.40. The average molecular weight is 440 g/mol. The zero-order chi connectivity index (χ0) is 21.6. The smallest absolute Gasteiger partial charge is 0.345 e. The van der Waals surface area contributed by atoms with E-state index in [0.29, 0.717) is 4.88 Å². The van der Waals surface area contributed by atoms with E-state index < -0.39 is 29.5 Å². The fourth-order valence-corrected chi connectivity index (χ4v) is 3.89. The van der Waals surface area contributed by atoms with Crippen LogP contribution < -0.4 is 5.73 Å². The minimum absolute atomic E-state index is 0.0705. The first kappa shape index (κ1) is 23.1. The van der Waals surface area contributed by atoms with Crippen LogP contribution >= 0.6 is 23.6 Å². The third-order valence-electron chi connectivity index (χ3n) is 4.31. The number of esters is 1. The fourth-order valence-electron chi connectivity index (χ4n) is 2.83. The number of aliphatic hydroxyl groups is 1. The molecule has 0 radical (unpaired) electrons. The molecule has 0 aromatic carbocycles. The largest absolute Gasteiger partial charge is 0.480 e. The van der Waals surface area contributed by atoms with E-state index in [0.717, 1.165) is 26.3 Å². The Morgan fingerprint density at radius 3 is 2.48 bits per heavy atom. The van der Waals surface area contributed by atoms with E-state index in [-0.39, 0.29) is 10.6 Å². The SMILES string of the molecule is CC1(C)OC(=O)C(C(c2cccs2)C(C#N)C(N)=S)=C(O)O1.CN1CCOCC1. The quantitative estimate of drug-likeness (QED) is 0.538. The Morgan fingerprint density at radius 2 is 2.07 bits per heavy atom. The van der Waals surface area contributed by atoms with Crippen LogP contribution in [0.5, 0.6) is 0 Å². The summed E-state index contributed by atoms with van der Waals surface area (Å²) >= 11 is 6.24. The van der Waals surface area contributed by atoms with Crippen molar-refractivity contribution in [1.29, 1.82) is 5.26 Å². The molecule has 2 unspecified atom stereocenters. The number of hydrogen-bond donors (Lipinski definition) is 2. The van der Waals surface area contributed by atoms with Crippen LogP contribution in [0.4, 0.5) is 0 Å². The minimum Gasteiger partial charge on any atom is -0.480 e. The minimum atomic E-state index is -1.28. The Morgan fingerprint density at radius 1 is 1.41 bits per heavy atom. The zero-order valence-corrected chi connectivity index (χ0v) is 18.2. The van der Waals surface area contributed by atoms with Gasteiger partial charge in [-0.1, -0.05) is 18.3 Å². The van der Waals surface area contributed by atoms with Gasteiger partial charge in [-0.3, -0.25) is 0 Å². The van der Waals surface area contributed by atoms with E-state index in [2.05, 4.69) is 11.9 Å². The summed E-state index contributed by atoms with van der Waals surface area (Å²) < 4.78 is 15.5. The van der Waals surface area contributed by atoms with Crippen molar-refractivity contribution in [3.8, 4) is 6.07 Å². The van der Waals surface area contributed by atoms with Gasteiger partial charge >= 0.3 is 5.97 Å². The molecule has 1 aromatic rings. The van der Waals surface area contributed by atoms with Gasteiger partial charge in [0, 0.05) is 31.8 Å². The number of likely N-dealkylation sites (N-methyl/N-ethyl adjacent to an activating group) is 1. The highest BCUT2D eigenvalue weighted by Crippen LogP contribution is 2.40. The van der Waals surface area contributed by atoms with Crippen LogP contribution in [-0.4, -0.2) is 60.1 Å². The number of rotatable bonds is 4. The number of carbonyl (C=O) groups excluding carboxylic acids is 1. The molecule has 8 nitrogen and oxygen atoms in total. The second-order valence-electron chi connectivity index (χ2n) is 7.03. The molecule has 2 atom stereocenters. The number of cyclic esters (lactones) is 1. The molecule has 10 heteroatoms. The number of nitrogens with two attached hydrogens (primary N) is 1. The summed E-state index contributed by atoms with van der Waals surface area (Å²) in [6.07, 6.45) is 0. The maximum atomic E-state index is 12.3. The van der Waals surface area contributed by atoms with Crippen molar-refractivity contribution < 1.29 is 24.1 Å². The van der Waals surface area contributed by atoms with Crippen molar-refractivity contribution in [1.82, 2.24) is 4.90 Å². The maximum Gasteiger partial charge on any atom is 0.345 e. The van der Waals surface area contributed by atoms with Gasteiger partial charge in [-0.2, -0.15) is 5.26 Å². The summed E-state index contributed by atoms with van der Waals surface area (Å²) in [7, 11) is 2.11. The van der Waals surface area contributed by atoms with Gasteiger partial charge in [0.1, 0.15) is 11.5 Å². The molecule has 3 N–H and O–H groups in total. The van der Waals surface area contributed by atoms with Gasteiger partial charge in [0.05, 0.1) is 30.2 Å². The molecule has 2 aliphatic rings. The van der Waals surface area contributed by atoms with Crippen molar-refractivity contribution in [3.63, 3.8) is 0 Å². The van der Waals surface area contributed by atoms with Crippen LogP contribution in [0.15, 0.2) is 29.0 Å². The maximum absolute atomic E-state index is 12.3. The third-order valence-corrected chi connectivity index (χ3v) is 5.51. The zero-order valence-electron chi connectivity index (χ0n) is 16.6. The summed E-state index contributed by atoms with van der Waals surface area (Å²) in [5.74, 6) is -4.43. The number of thiocarbonyl (C=S) groups is 1. The Hall–Kier alpha value is -2.19.